The van der Waals surface area contributed by atoms with Crippen molar-refractivity contribution in [2.75, 3.05) is 12.4 Å². The molecule has 0 atom stereocenters. The first-order valence-corrected chi connectivity index (χ1v) is 7.18. The van der Waals surface area contributed by atoms with E-state index in [1.807, 2.05) is 24.3 Å². The lowest BCUT2D eigenvalue weighted by atomic mass is 10.2. The van der Waals surface area contributed by atoms with E-state index < -0.39 is 11.6 Å². The zero-order valence-corrected chi connectivity index (χ0v) is 11.6. The molecule has 0 heterocycles. The van der Waals surface area contributed by atoms with Crippen molar-refractivity contribution >= 4 is 11.8 Å². The molecule has 0 radical (unpaired) electrons. The zero-order chi connectivity index (χ0) is 14.4. The van der Waals surface area contributed by atoms with Crippen LogP contribution in [-0.4, -0.2) is 12.4 Å². The lowest BCUT2D eigenvalue weighted by Crippen LogP contribution is -2.05. The van der Waals surface area contributed by atoms with Crippen molar-refractivity contribution in [2.24, 2.45) is 5.73 Å². The molecule has 5 heteroatoms. The Balaban J connectivity index is 1.84. The largest absolute Gasteiger partial charge is 0.492 e. The minimum absolute atomic E-state index is 0.413. The van der Waals surface area contributed by atoms with Crippen LogP contribution in [0.2, 0.25) is 0 Å². The third-order valence-electron chi connectivity index (χ3n) is 2.68. The van der Waals surface area contributed by atoms with Gasteiger partial charge in [0.2, 0.25) is 0 Å². The minimum Gasteiger partial charge on any atom is -0.492 e. The molecule has 2 aromatic carbocycles. The zero-order valence-electron chi connectivity index (χ0n) is 10.8. The van der Waals surface area contributed by atoms with E-state index in [9.17, 15) is 8.78 Å². The fourth-order valence-electron chi connectivity index (χ4n) is 1.71. The van der Waals surface area contributed by atoms with E-state index in [-0.39, 0.29) is 0 Å². The Morgan fingerprint density at radius 3 is 2.65 bits per heavy atom. The van der Waals surface area contributed by atoms with Gasteiger partial charge in [-0.15, -0.1) is 11.8 Å². The molecule has 0 fully saturated rings. The van der Waals surface area contributed by atoms with Gasteiger partial charge in [0.25, 0.3) is 0 Å². The van der Waals surface area contributed by atoms with Crippen LogP contribution in [0.3, 0.4) is 0 Å². The lowest BCUT2D eigenvalue weighted by Gasteiger charge is -2.10. The van der Waals surface area contributed by atoms with Gasteiger partial charge in [-0.1, -0.05) is 18.2 Å². The van der Waals surface area contributed by atoms with Crippen LogP contribution in [0.1, 0.15) is 5.56 Å². The van der Waals surface area contributed by atoms with Crippen molar-refractivity contribution in [1.29, 1.82) is 0 Å². The van der Waals surface area contributed by atoms with Gasteiger partial charge in [0.15, 0.2) is 0 Å². The van der Waals surface area contributed by atoms with Gasteiger partial charge < -0.3 is 10.5 Å². The van der Waals surface area contributed by atoms with Crippen molar-refractivity contribution in [2.45, 2.75) is 11.4 Å². The molecule has 0 amide bonds. The summed E-state index contributed by atoms with van der Waals surface area (Å²) in [6.45, 7) is 0.842. The summed E-state index contributed by atoms with van der Waals surface area (Å²) in [5.41, 5.74) is 6.55. The second-order valence-electron chi connectivity index (χ2n) is 4.08. The number of rotatable bonds is 6. The number of benzene rings is 2. The van der Waals surface area contributed by atoms with E-state index in [0.29, 0.717) is 23.8 Å². The van der Waals surface area contributed by atoms with Crippen molar-refractivity contribution < 1.29 is 13.5 Å². The molecule has 2 rings (SSSR count). The van der Waals surface area contributed by atoms with E-state index in [2.05, 4.69) is 0 Å². The van der Waals surface area contributed by atoms with Gasteiger partial charge in [-0.2, -0.15) is 0 Å². The van der Waals surface area contributed by atoms with Crippen molar-refractivity contribution in [3.8, 4) is 5.75 Å². The summed E-state index contributed by atoms with van der Waals surface area (Å²) in [5, 5.41) is 0. The van der Waals surface area contributed by atoms with Crippen LogP contribution in [0.15, 0.2) is 47.4 Å². The topological polar surface area (TPSA) is 35.2 Å². The summed E-state index contributed by atoms with van der Waals surface area (Å²) in [4.78, 5) is 0.419. The maximum atomic E-state index is 13.4. The number of nitrogens with two attached hydrogens (primary N) is 1. The summed E-state index contributed by atoms with van der Waals surface area (Å²) in [6.07, 6.45) is 0. The first-order chi connectivity index (χ1) is 9.70. The van der Waals surface area contributed by atoms with E-state index in [4.69, 9.17) is 10.5 Å². The number of halogens is 2. The molecule has 0 saturated carbocycles. The molecule has 20 heavy (non-hydrogen) atoms. The highest BCUT2D eigenvalue weighted by Crippen LogP contribution is 2.23. The second kappa shape index (κ2) is 7.26. The van der Waals surface area contributed by atoms with Crippen molar-refractivity contribution in [3.63, 3.8) is 0 Å². The summed E-state index contributed by atoms with van der Waals surface area (Å²) in [5.74, 6) is 0.203. The van der Waals surface area contributed by atoms with Crippen LogP contribution in [0.5, 0.6) is 5.75 Å². The monoisotopic (exact) mass is 295 g/mol. The van der Waals surface area contributed by atoms with E-state index in [1.165, 1.54) is 23.9 Å². The Morgan fingerprint density at radius 2 is 1.90 bits per heavy atom. The molecule has 0 bridgehead atoms. The predicted octanol–water partition coefficient (Wildman–Crippen LogP) is 3.59. The maximum Gasteiger partial charge on any atom is 0.139 e. The van der Waals surface area contributed by atoms with Crippen LogP contribution in [-0.2, 0) is 6.54 Å². The minimum atomic E-state index is -0.569. The van der Waals surface area contributed by atoms with Gasteiger partial charge in [0, 0.05) is 28.8 Å². The molecule has 0 aromatic heterocycles. The van der Waals surface area contributed by atoms with Gasteiger partial charge in [0.1, 0.15) is 17.4 Å². The fraction of sp³-hybridized carbons (Fsp3) is 0.200. The summed E-state index contributed by atoms with van der Waals surface area (Å²) >= 11 is 1.29. The smallest absolute Gasteiger partial charge is 0.139 e. The highest BCUT2D eigenvalue weighted by atomic mass is 32.2. The van der Waals surface area contributed by atoms with Gasteiger partial charge in [-0.25, -0.2) is 8.78 Å². The van der Waals surface area contributed by atoms with Crippen LogP contribution in [0, 0.1) is 11.6 Å². The number of para-hydroxylation sites is 1. The highest BCUT2D eigenvalue weighted by Gasteiger charge is 2.05. The third kappa shape index (κ3) is 3.95. The van der Waals surface area contributed by atoms with Crippen LogP contribution in [0.4, 0.5) is 8.78 Å². The molecule has 0 saturated heterocycles. The first-order valence-electron chi connectivity index (χ1n) is 6.19. The molecule has 2 aromatic rings. The van der Waals surface area contributed by atoms with Crippen LogP contribution < -0.4 is 10.5 Å². The summed E-state index contributed by atoms with van der Waals surface area (Å²) < 4.78 is 31.8. The number of ether oxygens (including phenoxy) is 1. The Hall–Kier alpha value is -1.59. The van der Waals surface area contributed by atoms with Crippen molar-refractivity contribution in [1.82, 2.24) is 0 Å². The third-order valence-corrected chi connectivity index (χ3v) is 3.70. The normalized spacial score (nSPS) is 10.6. The summed E-state index contributed by atoms with van der Waals surface area (Å²) in [6, 6.07) is 11.1. The molecule has 0 spiro atoms. The Kier molecular flexibility index (Phi) is 5.38. The molecular weight excluding hydrogens is 280 g/mol. The molecule has 0 unspecified atom stereocenters. The van der Waals surface area contributed by atoms with Crippen molar-refractivity contribution in [3.05, 3.63) is 59.7 Å². The average molecular weight is 295 g/mol. The predicted molar refractivity (Wildman–Crippen MR) is 76.9 cm³/mol. The van der Waals surface area contributed by atoms with Gasteiger partial charge in [-0.05, 0) is 18.2 Å². The first kappa shape index (κ1) is 14.8. The molecule has 2 N–H and O–H groups in total. The van der Waals surface area contributed by atoms with E-state index >= 15 is 0 Å². The molecule has 106 valence electrons. The average Bonchev–Trinajstić information content (AvgIpc) is 2.46. The van der Waals surface area contributed by atoms with E-state index in [0.717, 1.165) is 17.4 Å². The van der Waals surface area contributed by atoms with E-state index in [1.54, 1.807) is 0 Å². The van der Waals surface area contributed by atoms with Gasteiger partial charge in [-0.3, -0.25) is 0 Å². The number of hydrogen-bond acceptors (Lipinski definition) is 3. The van der Waals surface area contributed by atoms with Crippen LogP contribution in [0.25, 0.3) is 0 Å². The summed E-state index contributed by atoms with van der Waals surface area (Å²) in [7, 11) is 0. The molecular formula is C15H15F2NOS. The SMILES string of the molecule is NCc1ccccc1OCCSc1ccc(F)cc1F. The Morgan fingerprint density at radius 1 is 1.10 bits per heavy atom. The Bertz CT molecular complexity index is 578. The molecule has 0 aliphatic rings. The molecule has 0 aliphatic heterocycles. The Labute approximate surface area is 120 Å². The quantitative estimate of drug-likeness (QED) is 0.653. The second-order valence-corrected chi connectivity index (χ2v) is 5.22. The maximum absolute atomic E-state index is 13.4. The fourth-order valence-corrected chi connectivity index (χ4v) is 2.46. The molecule has 0 aliphatic carbocycles. The number of thioether (sulfide) groups is 1. The standard InChI is InChI=1S/C15H15F2NOS/c16-12-5-6-15(13(17)9-12)20-8-7-19-14-4-2-1-3-11(14)10-18/h1-6,9H,7-8,10,18H2. The highest BCUT2D eigenvalue weighted by molar-refractivity contribution is 7.99. The number of hydrogen-bond donors (Lipinski definition) is 1. The van der Waals surface area contributed by atoms with Crippen LogP contribution >= 0.6 is 11.8 Å². The molecule has 2 nitrogen and oxygen atoms in total. The van der Waals surface area contributed by atoms with Gasteiger partial charge >= 0.3 is 0 Å². The lowest BCUT2D eigenvalue weighted by molar-refractivity contribution is 0.340. The van der Waals surface area contributed by atoms with Gasteiger partial charge in [0.05, 0.1) is 6.61 Å².